The molecule has 110 valence electrons. The Morgan fingerprint density at radius 1 is 1.40 bits per heavy atom. The van der Waals surface area contributed by atoms with Crippen molar-refractivity contribution in [2.75, 3.05) is 13.2 Å². The zero-order chi connectivity index (χ0) is 15.3. The molecule has 1 aromatic rings. The van der Waals surface area contributed by atoms with Crippen molar-refractivity contribution >= 4 is 35.1 Å². The van der Waals surface area contributed by atoms with E-state index in [2.05, 4.69) is 5.32 Å². The zero-order valence-corrected chi connectivity index (χ0v) is 12.0. The van der Waals surface area contributed by atoms with Gasteiger partial charge >= 0.3 is 5.97 Å². The summed E-state index contributed by atoms with van der Waals surface area (Å²) >= 11 is 11.6. The molecular formula is C12H13Cl2NO5. The van der Waals surface area contributed by atoms with Crippen molar-refractivity contribution in [2.45, 2.75) is 12.5 Å². The van der Waals surface area contributed by atoms with Crippen LogP contribution in [-0.2, 0) is 9.59 Å². The smallest absolute Gasteiger partial charge is 0.337 e. The maximum absolute atomic E-state index is 11.5. The molecule has 3 N–H and O–H groups in total. The van der Waals surface area contributed by atoms with Gasteiger partial charge in [-0.3, -0.25) is 4.79 Å². The van der Waals surface area contributed by atoms with Crippen LogP contribution < -0.4 is 10.1 Å². The molecule has 1 atom stereocenters. The molecule has 0 fully saturated rings. The molecule has 0 aliphatic rings. The van der Waals surface area contributed by atoms with E-state index in [4.69, 9.17) is 33.0 Å². The lowest BCUT2D eigenvalue weighted by Crippen LogP contribution is -2.47. The summed E-state index contributed by atoms with van der Waals surface area (Å²) in [7, 11) is 0. The van der Waals surface area contributed by atoms with E-state index in [0.717, 1.165) is 6.92 Å². The minimum absolute atomic E-state index is 0.253. The van der Waals surface area contributed by atoms with Crippen LogP contribution >= 0.6 is 23.2 Å². The average Bonchev–Trinajstić information content (AvgIpc) is 2.35. The Morgan fingerprint density at radius 2 is 2.05 bits per heavy atom. The minimum Gasteiger partial charge on any atom is -0.482 e. The third-order valence-corrected chi connectivity index (χ3v) is 2.87. The summed E-state index contributed by atoms with van der Waals surface area (Å²) in [6, 6.07) is 4.52. The number of halogens is 2. The average molecular weight is 322 g/mol. The highest BCUT2D eigenvalue weighted by molar-refractivity contribution is 6.35. The van der Waals surface area contributed by atoms with Gasteiger partial charge in [-0.15, -0.1) is 0 Å². The molecule has 0 saturated heterocycles. The van der Waals surface area contributed by atoms with Crippen molar-refractivity contribution < 1.29 is 24.5 Å². The lowest BCUT2D eigenvalue weighted by Gasteiger charge is -2.18. The largest absolute Gasteiger partial charge is 0.482 e. The van der Waals surface area contributed by atoms with Crippen molar-refractivity contribution in [3.8, 4) is 5.75 Å². The summed E-state index contributed by atoms with van der Waals surface area (Å²) in [4.78, 5) is 22.1. The SMILES string of the molecule is CC(O)(CNC(=O)COc1ccc(Cl)cc1Cl)C(=O)O. The number of benzene rings is 1. The molecule has 6 nitrogen and oxygen atoms in total. The van der Waals surface area contributed by atoms with E-state index >= 15 is 0 Å². The van der Waals surface area contributed by atoms with Gasteiger partial charge in [-0.2, -0.15) is 0 Å². The van der Waals surface area contributed by atoms with Crippen LogP contribution in [0.15, 0.2) is 18.2 Å². The molecule has 8 heteroatoms. The molecule has 1 aromatic carbocycles. The molecule has 20 heavy (non-hydrogen) atoms. The van der Waals surface area contributed by atoms with Crippen LogP contribution in [-0.4, -0.2) is 40.8 Å². The van der Waals surface area contributed by atoms with Gasteiger partial charge in [0.05, 0.1) is 11.6 Å². The summed E-state index contributed by atoms with van der Waals surface area (Å²) in [5.74, 6) is -1.74. The van der Waals surface area contributed by atoms with Gasteiger partial charge in [-0.1, -0.05) is 23.2 Å². The third kappa shape index (κ3) is 4.88. The fourth-order valence-corrected chi connectivity index (χ4v) is 1.60. The van der Waals surface area contributed by atoms with E-state index in [-0.39, 0.29) is 17.4 Å². The molecule has 1 unspecified atom stereocenters. The molecule has 0 aliphatic heterocycles. The van der Waals surface area contributed by atoms with Crippen LogP contribution in [0.5, 0.6) is 5.75 Å². The second-order valence-corrected chi connectivity index (χ2v) is 5.06. The Balaban J connectivity index is 2.46. The molecule has 0 aliphatic carbocycles. The topological polar surface area (TPSA) is 95.9 Å². The Labute approximate surface area is 125 Å². The Hall–Kier alpha value is -1.50. The first-order chi connectivity index (χ1) is 9.22. The van der Waals surface area contributed by atoms with Crippen molar-refractivity contribution in [2.24, 2.45) is 0 Å². The summed E-state index contributed by atoms with van der Waals surface area (Å²) in [6.07, 6.45) is 0. The van der Waals surface area contributed by atoms with E-state index < -0.39 is 24.0 Å². The number of carboxylic acids is 1. The predicted molar refractivity (Wildman–Crippen MR) is 73.2 cm³/mol. The minimum atomic E-state index is -2.03. The molecule has 0 radical (unpaired) electrons. The number of amides is 1. The first-order valence-electron chi connectivity index (χ1n) is 5.52. The third-order valence-electron chi connectivity index (χ3n) is 2.34. The van der Waals surface area contributed by atoms with Gasteiger partial charge in [0.1, 0.15) is 5.75 Å². The van der Waals surface area contributed by atoms with Gasteiger partial charge in [-0.25, -0.2) is 4.79 Å². The first kappa shape index (κ1) is 16.6. The fraction of sp³-hybridized carbons (Fsp3) is 0.333. The molecule has 1 amide bonds. The Kier molecular flexibility index (Phi) is 5.62. The lowest BCUT2D eigenvalue weighted by molar-refractivity contribution is -0.156. The highest BCUT2D eigenvalue weighted by Gasteiger charge is 2.30. The van der Waals surface area contributed by atoms with E-state index in [9.17, 15) is 14.7 Å². The van der Waals surface area contributed by atoms with Gasteiger partial charge in [0.2, 0.25) is 0 Å². The lowest BCUT2D eigenvalue weighted by atomic mass is 10.1. The number of ether oxygens (including phenoxy) is 1. The fourth-order valence-electron chi connectivity index (χ4n) is 1.13. The van der Waals surface area contributed by atoms with E-state index in [1.54, 1.807) is 6.07 Å². The van der Waals surface area contributed by atoms with Crippen LogP contribution in [0.4, 0.5) is 0 Å². The number of aliphatic carboxylic acids is 1. The summed E-state index contributed by atoms with van der Waals surface area (Å²) in [6.45, 7) is 0.280. The van der Waals surface area contributed by atoms with E-state index in [1.807, 2.05) is 0 Å². The summed E-state index contributed by atoms with van der Waals surface area (Å²) < 4.78 is 5.15. The summed E-state index contributed by atoms with van der Waals surface area (Å²) in [5, 5.41) is 21.0. The van der Waals surface area contributed by atoms with E-state index in [1.165, 1.54) is 12.1 Å². The molecule has 0 aromatic heterocycles. The maximum Gasteiger partial charge on any atom is 0.337 e. The van der Waals surface area contributed by atoms with Crippen molar-refractivity contribution in [1.82, 2.24) is 5.32 Å². The standard InChI is InChI=1S/C12H13Cl2NO5/c1-12(19,11(17)18)6-15-10(16)5-20-9-3-2-7(13)4-8(9)14/h2-4,19H,5-6H2,1H3,(H,15,16)(H,17,18). The molecule has 0 saturated carbocycles. The van der Waals surface area contributed by atoms with Gasteiger partial charge in [-0.05, 0) is 25.1 Å². The van der Waals surface area contributed by atoms with Gasteiger partial charge < -0.3 is 20.3 Å². The van der Waals surface area contributed by atoms with Crippen molar-refractivity contribution in [3.63, 3.8) is 0 Å². The van der Waals surface area contributed by atoms with Gasteiger partial charge in [0.15, 0.2) is 12.2 Å². The molecule has 0 bridgehead atoms. The Morgan fingerprint density at radius 3 is 2.60 bits per heavy atom. The molecule has 0 spiro atoms. The monoisotopic (exact) mass is 321 g/mol. The Bertz CT molecular complexity index is 519. The van der Waals surface area contributed by atoms with Crippen molar-refractivity contribution in [1.29, 1.82) is 0 Å². The quantitative estimate of drug-likeness (QED) is 0.734. The van der Waals surface area contributed by atoms with E-state index in [0.29, 0.717) is 5.02 Å². The van der Waals surface area contributed by atoms with Gasteiger partial charge in [0.25, 0.3) is 5.91 Å². The number of aliphatic hydroxyl groups is 1. The first-order valence-corrected chi connectivity index (χ1v) is 6.28. The number of carbonyl (C=O) groups is 2. The van der Waals surface area contributed by atoms with Crippen LogP contribution in [0.3, 0.4) is 0 Å². The highest BCUT2D eigenvalue weighted by Crippen LogP contribution is 2.27. The normalized spacial score (nSPS) is 13.4. The summed E-state index contributed by atoms with van der Waals surface area (Å²) in [5.41, 5.74) is -2.03. The van der Waals surface area contributed by atoms with Crippen LogP contribution in [0, 0.1) is 0 Å². The predicted octanol–water partition coefficient (Wildman–Crippen LogP) is 1.32. The second-order valence-electron chi connectivity index (χ2n) is 4.22. The zero-order valence-electron chi connectivity index (χ0n) is 10.5. The number of carboxylic acid groups (broad SMARTS) is 1. The number of hydrogen-bond donors (Lipinski definition) is 3. The number of rotatable bonds is 6. The van der Waals surface area contributed by atoms with Gasteiger partial charge in [0, 0.05) is 5.02 Å². The number of hydrogen-bond acceptors (Lipinski definition) is 4. The van der Waals surface area contributed by atoms with Crippen molar-refractivity contribution in [3.05, 3.63) is 28.2 Å². The van der Waals surface area contributed by atoms with Crippen LogP contribution in [0.25, 0.3) is 0 Å². The highest BCUT2D eigenvalue weighted by atomic mass is 35.5. The molecule has 0 heterocycles. The maximum atomic E-state index is 11.5. The second kappa shape index (κ2) is 6.78. The van der Waals surface area contributed by atoms with Crippen LogP contribution in [0.1, 0.15) is 6.92 Å². The van der Waals surface area contributed by atoms with Crippen LogP contribution in [0.2, 0.25) is 10.0 Å². The number of nitrogens with one attached hydrogen (secondary N) is 1. The number of carbonyl (C=O) groups excluding carboxylic acids is 1. The molecular weight excluding hydrogens is 309 g/mol. The molecule has 1 rings (SSSR count).